The predicted molar refractivity (Wildman–Crippen MR) is 63.9 cm³/mol. The molecule has 17 heavy (non-hydrogen) atoms. The second kappa shape index (κ2) is 5.52. The Balaban J connectivity index is 2.71. The quantitative estimate of drug-likeness (QED) is 0.812. The van der Waals surface area contributed by atoms with E-state index in [4.69, 9.17) is 5.11 Å². The molecule has 0 aliphatic rings. The van der Waals surface area contributed by atoms with Crippen molar-refractivity contribution in [2.45, 2.75) is 32.7 Å². The van der Waals surface area contributed by atoms with Gasteiger partial charge in [0.2, 0.25) is 0 Å². The van der Waals surface area contributed by atoms with Crippen LogP contribution in [0.15, 0.2) is 12.1 Å². The van der Waals surface area contributed by atoms with Crippen LogP contribution in [0.5, 0.6) is 0 Å². The van der Waals surface area contributed by atoms with E-state index in [2.05, 4.69) is 5.32 Å². The maximum atomic E-state index is 11.9. The van der Waals surface area contributed by atoms with Crippen LogP contribution in [-0.4, -0.2) is 27.6 Å². The summed E-state index contributed by atoms with van der Waals surface area (Å²) in [4.78, 5) is 22.5. The van der Waals surface area contributed by atoms with Gasteiger partial charge in [0.05, 0.1) is 6.42 Å². The molecule has 1 heterocycles. The van der Waals surface area contributed by atoms with E-state index in [1.165, 1.54) is 0 Å². The van der Waals surface area contributed by atoms with Gasteiger partial charge in [-0.1, -0.05) is 6.92 Å². The summed E-state index contributed by atoms with van der Waals surface area (Å²) in [7, 11) is 1.81. The highest BCUT2D eigenvalue weighted by Crippen LogP contribution is 2.07. The molecular formula is C12H18N2O3. The molecule has 1 aromatic rings. The average Bonchev–Trinajstić information content (AvgIpc) is 2.58. The third kappa shape index (κ3) is 3.34. The van der Waals surface area contributed by atoms with Crippen LogP contribution in [0.25, 0.3) is 0 Å². The maximum absolute atomic E-state index is 11.9. The molecule has 5 heteroatoms. The summed E-state index contributed by atoms with van der Waals surface area (Å²) in [6.07, 6.45) is 0.549. The monoisotopic (exact) mass is 238 g/mol. The van der Waals surface area contributed by atoms with Crippen molar-refractivity contribution in [3.8, 4) is 0 Å². The van der Waals surface area contributed by atoms with E-state index in [1.807, 2.05) is 27.0 Å². The van der Waals surface area contributed by atoms with Gasteiger partial charge in [-0.3, -0.25) is 9.59 Å². The van der Waals surface area contributed by atoms with Gasteiger partial charge in [0.15, 0.2) is 0 Å². The number of amides is 1. The average molecular weight is 238 g/mol. The SMILES string of the molecule is CCC(CC(=O)O)NC(=O)c1ccc(C)n1C. The van der Waals surface area contributed by atoms with E-state index in [1.54, 1.807) is 10.6 Å². The Morgan fingerprint density at radius 1 is 1.47 bits per heavy atom. The number of aromatic nitrogens is 1. The second-order valence-corrected chi connectivity index (χ2v) is 4.10. The van der Waals surface area contributed by atoms with E-state index in [-0.39, 0.29) is 18.4 Å². The largest absolute Gasteiger partial charge is 0.481 e. The summed E-state index contributed by atoms with van der Waals surface area (Å²) < 4.78 is 1.78. The number of aliphatic carboxylic acids is 1. The Hall–Kier alpha value is -1.78. The lowest BCUT2D eigenvalue weighted by Crippen LogP contribution is -2.36. The molecule has 0 saturated carbocycles. The normalized spacial score (nSPS) is 12.2. The molecule has 0 aliphatic heterocycles. The van der Waals surface area contributed by atoms with E-state index < -0.39 is 5.97 Å². The fraction of sp³-hybridized carbons (Fsp3) is 0.500. The van der Waals surface area contributed by atoms with Crippen LogP contribution >= 0.6 is 0 Å². The molecule has 0 bridgehead atoms. The van der Waals surface area contributed by atoms with Crippen LogP contribution in [0.1, 0.15) is 35.9 Å². The van der Waals surface area contributed by atoms with Crippen LogP contribution in [0.2, 0.25) is 0 Å². The lowest BCUT2D eigenvalue weighted by molar-refractivity contribution is -0.137. The molecule has 1 rings (SSSR count). The van der Waals surface area contributed by atoms with Crippen molar-refractivity contribution in [1.29, 1.82) is 0 Å². The topological polar surface area (TPSA) is 71.3 Å². The Morgan fingerprint density at radius 2 is 2.12 bits per heavy atom. The third-order valence-corrected chi connectivity index (χ3v) is 2.85. The van der Waals surface area contributed by atoms with Gasteiger partial charge in [0.1, 0.15) is 5.69 Å². The maximum Gasteiger partial charge on any atom is 0.305 e. The van der Waals surface area contributed by atoms with Crippen LogP contribution in [-0.2, 0) is 11.8 Å². The number of carboxylic acid groups (broad SMARTS) is 1. The minimum atomic E-state index is -0.903. The summed E-state index contributed by atoms with van der Waals surface area (Å²) in [5.74, 6) is -1.13. The number of carbonyl (C=O) groups excluding carboxylic acids is 1. The van der Waals surface area contributed by atoms with Gasteiger partial charge >= 0.3 is 5.97 Å². The molecule has 1 atom stereocenters. The summed E-state index contributed by atoms with van der Waals surface area (Å²) in [6, 6.07) is 3.26. The van der Waals surface area contributed by atoms with Gasteiger partial charge in [-0.05, 0) is 25.5 Å². The van der Waals surface area contributed by atoms with E-state index >= 15 is 0 Å². The highest BCUT2D eigenvalue weighted by Gasteiger charge is 2.17. The zero-order valence-electron chi connectivity index (χ0n) is 10.4. The Kier molecular flexibility index (Phi) is 4.31. The van der Waals surface area contributed by atoms with Crippen LogP contribution in [0.3, 0.4) is 0 Å². The Morgan fingerprint density at radius 3 is 2.53 bits per heavy atom. The number of nitrogens with one attached hydrogen (secondary N) is 1. The van der Waals surface area contributed by atoms with E-state index in [0.717, 1.165) is 5.69 Å². The second-order valence-electron chi connectivity index (χ2n) is 4.10. The van der Waals surface area contributed by atoms with Gasteiger partial charge in [-0.25, -0.2) is 0 Å². The standard InChI is InChI=1S/C12H18N2O3/c1-4-9(7-11(15)16)13-12(17)10-6-5-8(2)14(10)3/h5-6,9H,4,7H2,1-3H3,(H,13,17)(H,15,16). The minimum absolute atomic E-state index is 0.0500. The number of aryl methyl sites for hydroxylation is 1. The number of rotatable bonds is 5. The molecule has 0 aliphatic carbocycles. The fourth-order valence-electron chi connectivity index (χ4n) is 1.61. The molecule has 2 N–H and O–H groups in total. The molecule has 94 valence electrons. The molecular weight excluding hydrogens is 220 g/mol. The van der Waals surface area contributed by atoms with Crippen molar-refractivity contribution in [1.82, 2.24) is 9.88 Å². The summed E-state index contributed by atoms with van der Waals surface area (Å²) in [5, 5.41) is 11.4. The Labute approximate surface area is 100 Å². The van der Waals surface area contributed by atoms with Crippen molar-refractivity contribution in [2.75, 3.05) is 0 Å². The molecule has 0 aromatic carbocycles. The molecule has 0 spiro atoms. The highest BCUT2D eigenvalue weighted by molar-refractivity contribution is 5.93. The van der Waals surface area contributed by atoms with Gasteiger partial charge in [0.25, 0.3) is 5.91 Å². The number of carbonyl (C=O) groups is 2. The molecule has 0 radical (unpaired) electrons. The van der Waals surface area contributed by atoms with Crippen molar-refractivity contribution >= 4 is 11.9 Å². The fourth-order valence-corrected chi connectivity index (χ4v) is 1.61. The number of nitrogens with zero attached hydrogens (tertiary/aromatic N) is 1. The van der Waals surface area contributed by atoms with Gasteiger partial charge in [-0.2, -0.15) is 0 Å². The third-order valence-electron chi connectivity index (χ3n) is 2.85. The molecule has 0 fully saturated rings. The van der Waals surface area contributed by atoms with Crippen LogP contribution < -0.4 is 5.32 Å². The van der Waals surface area contributed by atoms with Gasteiger partial charge in [-0.15, -0.1) is 0 Å². The lowest BCUT2D eigenvalue weighted by atomic mass is 10.1. The minimum Gasteiger partial charge on any atom is -0.481 e. The highest BCUT2D eigenvalue weighted by atomic mass is 16.4. The molecule has 0 saturated heterocycles. The molecule has 1 unspecified atom stereocenters. The van der Waals surface area contributed by atoms with Crippen molar-refractivity contribution in [3.05, 3.63) is 23.5 Å². The first-order valence-corrected chi connectivity index (χ1v) is 5.60. The zero-order valence-corrected chi connectivity index (χ0v) is 10.4. The number of hydrogen-bond donors (Lipinski definition) is 2. The summed E-state index contributed by atoms with van der Waals surface area (Å²) >= 11 is 0. The number of carboxylic acids is 1. The lowest BCUT2D eigenvalue weighted by Gasteiger charge is -2.15. The molecule has 1 aromatic heterocycles. The smallest absolute Gasteiger partial charge is 0.305 e. The first-order valence-electron chi connectivity index (χ1n) is 5.60. The van der Waals surface area contributed by atoms with Crippen molar-refractivity contribution in [2.24, 2.45) is 7.05 Å². The summed E-state index contributed by atoms with van der Waals surface area (Å²) in [6.45, 7) is 3.76. The first-order chi connectivity index (χ1) is 7.95. The van der Waals surface area contributed by atoms with Gasteiger partial charge < -0.3 is 15.0 Å². The van der Waals surface area contributed by atoms with Crippen LogP contribution in [0.4, 0.5) is 0 Å². The summed E-state index contributed by atoms with van der Waals surface area (Å²) in [5.41, 5.74) is 1.53. The number of hydrogen-bond acceptors (Lipinski definition) is 2. The van der Waals surface area contributed by atoms with Gasteiger partial charge in [0, 0.05) is 18.8 Å². The van der Waals surface area contributed by atoms with Crippen molar-refractivity contribution in [3.63, 3.8) is 0 Å². The molecule has 5 nitrogen and oxygen atoms in total. The molecule has 1 amide bonds. The van der Waals surface area contributed by atoms with Crippen molar-refractivity contribution < 1.29 is 14.7 Å². The first kappa shape index (κ1) is 13.3. The van der Waals surface area contributed by atoms with Crippen LogP contribution in [0, 0.1) is 6.92 Å². The Bertz CT molecular complexity index is 423. The van der Waals surface area contributed by atoms with E-state index in [0.29, 0.717) is 12.1 Å². The van der Waals surface area contributed by atoms with E-state index in [9.17, 15) is 9.59 Å². The zero-order chi connectivity index (χ0) is 13.0. The predicted octanol–water partition coefficient (Wildman–Crippen LogP) is 1.32.